The number of amides is 1. The van der Waals surface area contributed by atoms with E-state index < -0.39 is 47.5 Å². The molecule has 8 heteroatoms. The minimum absolute atomic E-state index is 0.0244. The van der Waals surface area contributed by atoms with Crippen LogP contribution in [0.5, 0.6) is 0 Å². The lowest BCUT2D eigenvalue weighted by Gasteiger charge is -2.46. The van der Waals surface area contributed by atoms with Crippen LogP contribution in [0, 0.1) is 17.5 Å². The number of cyclic esters (lactones) is 1. The van der Waals surface area contributed by atoms with E-state index in [4.69, 9.17) is 9.47 Å². The molecule has 2 aliphatic rings. The number of benzene rings is 1. The number of esters is 1. The van der Waals surface area contributed by atoms with Gasteiger partial charge < -0.3 is 14.4 Å². The Labute approximate surface area is 123 Å². The first kappa shape index (κ1) is 14.8. The fourth-order valence-corrected chi connectivity index (χ4v) is 2.77. The lowest BCUT2D eigenvalue weighted by molar-refractivity contribution is -0.191. The molecule has 22 heavy (non-hydrogen) atoms. The van der Waals surface area contributed by atoms with E-state index in [0.717, 1.165) is 12.1 Å². The number of hydrogen-bond acceptors (Lipinski definition) is 4. The van der Waals surface area contributed by atoms with Crippen LogP contribution in [-0.4, -0.2) is 42.1 Å². The summed E-state index contributed by atoms with van der Waals surface area (Å²) in [5.74, 6) is -6.25. The maximum absolute atomic E-state index is 13.4. The quantitative estimate of drug-likeness (QED) is 0.445. The molecule has 1 amide bonds. The minimum Gasteiger partial charge on any atom is -0.453 e. The van der Waals surface area contributed by atoms with E-state index in [0.29, 0.717) is 0 Å². The van der Waals surface area contributed by atoms with Crippen molar-refractivity contribution in [3.8, 4) is 0 Å². The maximum Gasteiger partial charge on any atom is 0.397 e. The van der Waals surface area contributed by atoms with E-state index in [1.807, 2.05) is 0 Å². The zero-order chi connectivity index (χ0) is 16.0. The van der Waals surface area contributed by atoms with Gasteiger partial charge in [-0.3, -0.25) is 4.79 Å². The SMILES string of the molecule is C[C@@H]1OC(=O)C(=O)N2[C@@H]1COC[C@H]2c1cc(F)c(F)c(F)c1. The Hall–Kier alpha value is -2.09. The van der Waals surface area contributed by atoms with Crippen molar-refractivity contribution in [2.45, 2.75) is 25.1 Å². The smallest absolute Gasteiger partial charge is 0.397 e. The van der Waals surface area contributed by atoms with Crippen LogP contribution in [0.1, 0.15) is 18.5 Å². The fourth-order valence-electron chi connectivity index (χ4n) is 2.77. The zero-order valence-electron chi connectivity index (χ0n) is 11.5. The van der Waals surface area contributed by atoms with Crippen LogP contribution in [0.4, 0.5) is 13.2 Å². The van der Waals surface area contributed by atoms with Gasteiger partial charge in [0.05, 0.1) is 25.3 Å². The monoisotopic (exact) mass is 315 g/mol. The summed E-state index contributed by atoms with van der Waals surface area (Å²) in [4.78, 5) is 24.8. The Balaban J connectivity index is 2.02. The van der Waals surface area contributed by atoms with Crippen LogP contribution in [0.25, 0.3) is 0 Å². The molecule has 0 radical (unpaired) electrons. The minimum atomic E-state index is -1.59. The highest BCUT2D eigenvalue weighted by molar-refractivity contribution is 6.33. The van der Waals surface area contributed by atoms with Crippen molar-refractivity contribution in [2.75, 3.05) is 13.2 Å². The number of hydrogen-bond donors (Lipinski definition) is 0. The van der Waals surface area contributed by atoms with E-state index in [-0.39, 0.29) is 18.8 Å². The second-order valence-corrected chi connectivity index (χ2v) is 5.24. The number of ether oxygens (including phenoxy) is 2. The summed E-state index contributed by atoms with van der Waals surface area (Å²) in [5.41, 5.74) is 0.0244. The van der Waals surface area contributed by atoms with E-state index in [9.17, 15) is 22.8 Å². The largest absolute Gasteiger partial charge is 0.453 e. The van der Waals surface area contributed by atoms with Crippen LogP contribution < -0.4 is 0 Å². The molecule has 0 bridgehead atoms. The van der Waals surface area contributed by atoms with Crippen molar-refractivity contribution in [2.24, 2.45) is 0 Å². The van der Waals surface area contributed by atoms with Crippen LogP contribution >= 0.6 is 0 Å². The predicted octanol–water partition coefficient (Wildman–Crippen LogP) is 1.32. The molecular weight excluding hydrogens is 303 g/mol. The Bertz CT molecular complexity index is 628. The molecule has 3 rings (SSSR count). The van der Waals surface area contributed by atoms with Gasteiger partial charge in [-0.1, -0.05) is 0 Å². The highest BCUT2D eigenvalue weighted by Crippen LogP contribution is 2.33. The summed E-state index contributed by atoms with van der Waals surface area (Å²) < 4.78 is 50.2. The average molecular weight is 315 g/mol. The third kappa shape index (κ3) is 2.23. The zero-order valence-corrected chi connectivity index (χ0v) is 11.5. The van der Waals surface area contributed by atoms with Crippen molar-refractivity contribution in [3.63, 3.8) is 0 Å². The highest BCUT2D eigenvalue weighted by atomic mass is 19.2. The van der Waals surface area contributed by atoms with E-state index >= 15 is 0 Å². The first-order valence-electron chi connectivity index (χ1n) is 6.65. The Kier molecular flexibility index (Phi) is 3.56. The van der Waals surface area contributed by atoms with Crippen LogP contribution in [0.15, 0.2) is 12.1 Å². The standard InChI is InChI=1S/C14H12F3NO4/c1-6-10-4-21-5-11(18(10)13(19)14(20)22-6)7-2-8(15)12(17)9(16)3-7/h2-3,6,10-11H,4-5H2,1H3/t6-,10+,11-/m0/s1. The van der Waals surface area contributed by atoms with Gasteiger partial charge in [0.15, 0.2) is 17.5 Å². The fraction of sp³-hybridized carbons (Fsp3) is 0.429. The molecule has 3 atom stereocenters. The third-order valence-corrected chi connectivity index (χ3v) is 3.89. The first-order chi connectivity index (χ1) is 10.4. The van der Waals surface area contributed by atoms with Gasteiger partial charge in [-0.05, 0) is 24.6 Å². The molecule has 1 aromatic carbocycles. The van der Waals surface area contributed by atoms with Crippen molar-refractivity contribution in [1.29, 1.82) is 0 Å². The molecule has 0 aliphatic carbocycles. The molecule has 0 N–H and O–H groups in total. The molecule has 1 aromatic rings. The van der Waals surface area contributed by atoms with Gasteiger partial charge in [-0.2, -0.15) is 0 Å². The second-order valence-electron chi connectivity index (χ2n) is 5.24. The first-order valence-corrected chi connectivity index (χ1v) is 6.65. The van der Waals surface area contributed by atoms with Gasteiger partial charge in [0.2, 0.25) is 0 Å². The molecule has 2 saturated heterocycles. The second kappa shape index (κ2) is 5.28. The molecule has 0 spiro atoms. The molecule has 0 aromatic heterocycles. The Morgan fingerprint density at radius 3 is 2.41 bits per heavy atom. The van der Waals surface area contributed by atoms with Gasteiger partial charge in [0.25, 0.3) is 0 Å². The topological polar surface area (TPSA) is 55.8 Å². The molecule has 118 valence electrons. The summed E-state index contributed by atoms with van der Waals surface area (Å²) in [5, 5.41) is 0. The summed E-state index contributed by atoms with van der Waals surface area (Å²) in [6.45, 7) is 1.69. The molecular formula is C14H12F3NO4. The van der Waals surface area contributed by atoms with Crippen LogP contribution in [-0.2, 0) is 19.1 Å². The summed E-state index contributed by atoms with van der Waals surface area (Å²) in [6, 6.07) is 0.158. The van der Waals surface area contributed by atoms with Crippen molar-refractivity contribution >= 4 is 11.9 Å². The van der Waals surface area contributed by atoms with Crippen LogP contribution in [0.3, 0.4) is 0 Å². The van der Waals surface area contributed by atoms with E-state index in [1.54, 1.807) is 6.92 Å². The van der Waals surface area contributed by atoms with E-state index in [2.05, 4.69) is 0 Å². The lowest BCUT2D eigenvalue weighted by Crippen LogP contribution is -2.61. The molecule has 2 aliphatic heterocycles. The number of carbonyl (C=O) groups is 2. The van der Waals surface area contributed by atoms with Gasteiger partial charge in [-0.25, -0.2) is 18.0 Å². The molecule has 0 saturated carbocycles. The predicted molar refractivity (Wildman–Crippen MR) is 66.1 cm³/mol. The summed E-state index contributed by atoms with van der Waals surface area (Å²) in [6.07, 6.45) is -0.608. The summed E-state index contributed by atoms with van der Waals surface area (Å²) in [7, 11) is 0. The van der Waals surface area contributed by atoms with Gasteiger partial charge >= 0.3 is 11.9 Å². The van der Waals surface area contributed by atoms with Gasteiger partial charge in [0, 0.05) is 0 Å². The van der Waals surface area contributed by atoms with Gasteiger partial charge in [-0.15, -0.1) is 0 Å². The molecule has 5 nitrogen and oxygen atoms in total. The van der Waals surface area contributed by atoms with Crippen molar-refractivity contribution in [3.05, 3.63) is 35.1 Å². The molecule has 0 unspecified atom stereocenters. The molecule has 2 heterocycles. The van der Waals surface area contributed by atoms with E-state index in [1.165, 1.54) is 4.90 Å². The third-order valence-electron chi connectivity index (χ3n) is 3.89. The number of halogens is 3. The number of fused-ring (bicyclic) bond motifs is 1. The number of nitrogens with zero attached hydrogens (tertiary/aromatic N) is 1. The lowest BCUT2D eigenvalue weighted by atomic mass is 9.98. The number of rotatable bonds is 1. The van der Waals surface area contributed by atoms with Gasteiger partial charge in [0.1, 0.15) is 6.10 Å². The Morgan fingerprint density at radius 2 is 1.77 bits per heavy atom. The Morgan fingerprint density at radius 1 is 1.14 bits per heavy atom. The molecule has 2 fully saturated rings. The van der Waals surface area contributed by atoms with Crippen LogP contribution in [0.2, 0.25) is 0 Å². The number of carbonyl (C=O) groups excluding carboxylic acids is 2. The number of morpholine rings is 2. The highest BCUT2D eigenvalue weighted by Gasteiger charge is 2.47. The maximum atomic E-state index is 13.4. The van der Waals surface area contributed by atoms with Crippen molar-refractivity contribution < 1.29 is 32.2 Å². The van der Waals surface area contributed by atoms with Crippen molar-refractivity contribution in [1.82, 2.24) is 4.90 Å². The summed E-state index contributed by atoms with van der Waals surface area (Å²) >= 11 is 0. The normalized spacial score (nSPS) is 28.4. The average Bonchev–Trinajstić information content (AvgIpc) is 2.49.